The maximum atomic E-state index is 12.4. The van der Waals surface area contributed by atoms with E-state index in [0.29, 0.717) is 12.8 Å². The molecule has 126 valence electrons. The first kappa shape index (κ1) is 17.5. The first-order valence-corrected chi connectivity index (χ1v) is 8.01. The fourth-order valence-electron chi connectivity index (χ4n) is 2.24. The van der Waals surface area contributed by atoms with Crippen molar-refractivity contribution in [3.8, 4) is 0 Å². The van der Waals surface area contributed by atoms with Gasteiger partial charge in [-0.05, 0) is 38.3 Å². The van der Waals surface area contributed by atoms with E-state index in [1.54, 1.807) is 11.3 Å². The third-order valence-electron chi connectivity index (χ3n) is 3.38. The van der Waals surface area contributed by atoms with Crippen molar-refractivity contribution in [2.75, 3.05) is 0 Å². The van der Waals surface area contributed by atoms with Gasteiger partial charge in [-0.3, -0.25) is 4.79 Å². The summed E-state index contributed by atoms with van der Waals surface area (Å²) in [6.45, 7) is 4.07. The van der Waals surface area contributed by atoms with Gasteiger partial charge in [0.1, 0.15) is 11.5 Å². The van der Waals surface area contributed by atoms with E-state index in [1.807, 2.05) is 6.92 Å². The number of aromatic nitrogens is 2. The van der Waals surface area contributed by atoms with E-state index in [0.717, 1.165) is 12.6 Å². The molecule has 0 aliphatic rings. The van der Waals surface area contributed by atoms with Crippen LogP contribution in [0, 0.1) is 13.8 Å². The van der Waals surface area contributed by atoms with Crippen molar-refractivity contribution >= 4 is 17.2 Å². The summed E-state index contributed by atoms with van der Waals surface area (Å²) in [5, 5.41) is 2.57. The lowest BCUT2D eigenvalue weighted by Gasteiger charge is -2.04. The van der Waals surface area contributed by atoms with Crippen LogP contribution in [0.5, 0.6) is 0 Å². The summed E-state index contributed by atoms with van der Waals surface area (Å²) in [5.74, 6) is -0.102. The predicted octanol–water partition coefficient (Wildman–Crippen LogP) is 3.75. The average molecular weight is 345 g/mol. The summed E-state index contributed by atoms with van der Waals surface area (Å²) in [7, 11) is 0. The summed E-state index contributed by atoms with van der Waals surface area (Å²) in [4.78, 5) is 20.0. The molecule has 0 aromatic carbocycles. The Morgan fingerprint density at radius 1 is 1.39 bits per heavy atom. The molecule has 0 aliphatic heterocycles. The smallest absolute Gasteiger partial charge is 0.349 e. The highest BCUT2D eigenvalue weighted by Gasteiger charge is 2.32. The van der Waals surface area contributed by atoms with Crippen LogP contribution in [-0.4, -0.2) is 15.9 Å². The number of aromatic amines is 1. The van der Waals surface area contributed by atoms with E-state index >= 15 is 0 Å². The number of imidazole rings is 1. The van der Waals surface area contributed by atoms with Crippen LogP contribution in [-0.2, 0) is 23.9 Å². The molecular weight excluding hydrogens is 327 g/mol. The molecule has 1 amide bonds. The van der Waals surface area contributed by atoms with Crippen LogP contribution in [0.3, 0.4) is 0 Å². The predicted molar refractivity (Wildman–Crippen MR) is 82.2 cm³/mol. The first-order valence-electron chi connectivity index (χ1n) is 7.19. The Hall–Kier alpha value is -1.83. The second kappa shape index (κ2) is 7.16. The van der Waals surface area contributed by atoms with E-state index in [4.69, 9.17) is 0 Å². The molecule has 8 heteroatoms. The van der Waals surface area contributed by atoms with E-state index < -0.39 is 11.9 Å². The Balaban J connectivity index is 1.73. The third-order valence-corrected chi connectivity index (χ3v) is 4.39. The fourth-order valence-corrected chi connectivity index (χ4v) is 3.21. The highest BCUT2D eigenvalue weighted by molar-refractivity contribution is 7.12. The summed E-state index contributed by atoms with van der Waals surface area (Å²) in [6, 6.07) is 2.12. The SMILES string of the molecule is Cc1cc(CCCC(=O)NCc2ncc(C(F)(F)F)[nH]2)c(C)s1. The topological polar surface area (TPSA) is 57.8 Å². The molecule has 2 aromatic heterocycles. The lowest BCUT2D eigenvalue weighted by atomic mass is 10.1. The van der Waals surface area contributed by atoms with Crippen molar-refractivity contribution in [2.24, 2.45) is 0 Å². The second-order valence-electron chi connectivity index (χ2n) is 5.31. The molecule has 2 N–H and O–H groups in total. The van der Waals surface area contributed by atoms with Gasteiger partial charge in [0.2, 0.25) is 5.91 Å². The molecule has 0 aliphatic carbocycles. The molecule has 0 fully saturated rings. The van der Waals surface area contributed by atoms with Gasteiger partial charge in [-0.15, -0.1) is 11.3 Å². The van der Waals surface area contributed by atoms with Gasteiger partial charge >= 0.3 is 6.18 Å². The van der Waals surface area contributed by atoms with Crippen molar-refractivity contribution in [3.63, 3.8) is 0 Å². The zero-order chi connectivity index (χ0) is 17.0. The number of hydrogen-bond acceptors (Lipinski definition) is 3. The molecule has 0 atom stereocenters. The molecule has 4 nitrogen and oxygen atoms in total. The number of hydrogen-bond donors (Lipinski definition) is 2. The van der Waals surface area contributed by atoms with Crippen molar-refractivity contribution in [1.82, 2.24) is 15.3 Å². The Morgan fingerprint density at radius 3 is 2.70 bits per heavy atom. The van der Waals surface area contributed by atoms with E-state index in [1.165, 1.54) is 15.3 Å². The Morgan fingerprint density at radius 2 is 2.13 bits per heavy atom. The van der Waals surface area contributed by atoms with Crippen molar-refractivity contribution in [2.45, 2.75) is 45.8 Å². The van der Waals surface area contributed by atoms with Gasteiger partial charge in [-0.2, -0.15) is 13.2 Å². The van der Waals surface area contributed by atoms with Gasteiger partial charge in [0, 0.05) is 16.2 Å². The molecule has 0 saturated carbocycles. The number of carbonyl (C=O) groups is 1. The number of H-pyrrole nitrogens is 1. The molecular formula is C15H18F3N3OS. The Labute approximate surface area is 136 Å². The van der Waals surface area contributed by atoms with Gasteiger partial charge < -0.3 is 10.3 Å². The van der Waals surface area contributed by atoms with E-state index in [9.17, 15) is 18.0 Å². The van der Waals surface area contributed by atoms with Crippen molar-refractivity contribution in [1.29, 1.82) is 0 Å². The number of thiophene rings is 1. The second-order valence-corrected chi connectivity index (χ2v) is 6.77. The molecule has 0 bridgehead atoms. The van der Waals surface area contributed by atoms with Crippen LogP contribution < -0.4 is 5.32 Å². The third kappa shape index (κ3) is 5.09. The number of amides is 1. The first-order chi connectivity index (χ1) is 10.8. The number of alkyl halides is 3. The average Bonchev–Trinajstić information content (AvgIpc) is 3.03. The summed E-state index contributed by atoms with van der Waals surface area (Å²) < 4.78 is 37.2. The van der Waals surface area contributed by atoms with Crippen LogP contribution in [0.4, 0.5) is 13.2 Å². The molecule has 23 heavy (non-hydrogen) atoms. The van der Waals surface area contributed by atoms with Gasteiger partial charge in [-0.25, -0.2) is 4.98 Å². The van der Waals surface area contributed by atoms with Crippen LogP contribution in [0.25, 0.3) is 0 Å². The number of aryl methyl sites for hydroxylation is 3. The Kier molecular flexibility index (Phi) is 5.46. The standard InChI is InChI=1S/C15H18F3N3OS/c1-9-6-11(10(2)23-9)4-3-5-14(22)20-8-13-19-7-12(21-13)15(16,17)18/h6-7H,3-5,8H2,1-2H3,(H,19,21)(H,20,22). The van der Waals surface area contributed by atoms with E-state index in [2.05, 4.69) is 28.3 Å². The molecule has 2 heterocycles. The van der Waals surface area contributed by atoms with Gasteiger partial charge in [0.25, 0.3) is 0 Å². The van der Waals surface area contributed by atoms with E-state index in [-0.39, 0.29) is 18.3 Å². The normalized spacial score (nSPS) is 11.7. The summed E-state index contributed by atoms with van der Waals surface area (Å²) >= 11 is 1.74. The highest BCUT2D eigenvalue weighted by Crippen LogP contribution is 2.27. The van der Waals surface area contributed by atoms with Crippen molar-refractivity contribution < 1.29 is 18.0 Å². The summed E-state index contributed by atoms with van der Waals surface area (Å²) in [6.07, 6.45) is -1.87. The maximum absolute atomic E-state index is 12.4. The Bertz CT molecular complexity index is 676. The minimum atomic E-state index is -4.45. The number of rotatable bonds is 6. The monoisotopic (exact) mass is 345 g/mol. The largest absolute Gasteiger partial charge is 0.432 e. The van der Waals surface area contributed by atoms with Crippen LogP contribution >= 0.6 is 11.3 Å². The number of nitrogens with one attached hydrogen (secondary N) is 2. The molecule has 2 aromatic rings. The quantitative estimate of drug-likeness (QED) is 0.838. The molecule has 2 rings (SSSR count). The lowest BCUT2D eigenvalue weighted by Crippen LogP contribution is -2.23. The lowest BCUT2D eigenvalue weighted by molar-refractivity contribution is -0.140. The van der Waals surface area contributed by atoms with Gasteiger partial charge in [0.05, 0.1) is 12.7 Å². The maximum Gasteiger partial charge on any atom is 0.432 e. The fraction of sp³-hybridized carbons (Fsp3) is 0.467. The number of nitrogens with zero attached hydrogens (tertiary/aromatic N) is 1. The van der Waals surface area contributed by atoms with Crippen LogP contribution in [0.1, 0.15) is 39.7 Å². The van der Waals surface area contributed by atoms with Crippen LogP contribution in [0.2, 0.25) is 0 Å². The molecule has 0 saturated heterocycles. The number of halogens is 3. The van der Waals surface area contributed by atoms with Crippen molar-refractivity contribution in [3.05, 3.63) is 39.1 Å². The molecule has 0 radical (unpaired) electrons. The minimum Gasteiger partial charge on any atom is -0.349 e. The molecule has 0 spiro atoms. The van der Waals surface area contributed by atoms with Gasteiger partial charge in [0.15, 0.2) is 0 Å². The summed E-state index contributed by atoms with van der Waals surface area (Å²) in [5.41, 5.74) is 0.339. The molecule has 0 unspecified atom stereocenters. The zero-order valence-electron chi connectivity index (χ0n) is 12.9. The number of carbonyl (C=O) groups excluding carboxylic acids is 1. The minimum absolute atomic E-state index is 0.0362. The zero-order valence-corrected chi connectivity index (χ0v) is 13.7. The van der Waals surface area contributed by atoms with Gasteiger partial charge in [-0.1, -0.05) is 0 Å². The van der Waals surface area contributed by atoms with Crippen LogP contribution in [0.15, 0.2) is 12.3 Å². The highest BCUT2D eigenvalue weighted by atomic mass is 32.1.